The maximum Gasteiger partial charge on any atom is 0.350 e. The van der Waals surface area contributed by atoms with E-state index in [0.717, 1.165) is 35.7 Å². The number of hydrogen-bond acceptors (Lipinski definition) is 9. The van der Waals surface area contributed by atoms with Crippen LogP contribution in [0, 0.1) is 0 Å². The smallest absolute Gasteiger partial charge is 0.350 e. The zero-order valence-corrected chi connectivity index (χ0v) is 23.4. The number of anilines is 2. The highest BCUT2D eigenvalue weighted by Crippen LogP contribution is 2.36. The lowest BCUT2D eigenvalue weighted by molar-refractivity contribution is -0.0515. The van der Waals surface area contributed by atoms with E-state index in [1.165, 1.54) is 36.9 Å². The third kappa shape index (κ3) is 5.22. The first kappa shape index (κ1) is 26.4. The molecular weight excluding hydrogens is 500 g/mol. The molecule has 4 N–H and O–H groups in total. The third-order valence-electron chi connectivity index (χ3n) is 7.15. The van der Waals surface area contributed by atoms with Crippen LogP contribution in [-0.2, 0) is 16.5 Å². The van der Waals surface area contributed by atoms with Crippen LogP contribution in [0.5, 0.6) is 0 Å². The molecule has 38 heavy (non-hydrogen) atoms. The van der Waals surface area contributed by atoms with Gasteiger partial charge in [-0.2, -0.15) is 4.99 Å². The highest BCUT2D eigenvalue weighted by molar-refractivity contribution is 7.12. The summed E-state index contributed by atoms with van der Waals surface area (Å²) in [7, 11) is 5.56. The molecule has 10 heteroatoms. The highest BCUT2D eigenvalue weighted by Gasteiger charge is 2.36. The van der Waals surface area contributed by atoms with Crippen molar-refractivity contribution in [2.24, 2.45) is 17.8 Å². The van der Waals surface area contributed by atoms with E-state index in [4.69, 9.17) is 20.2 Å². The van der Waals surface area contributed by atoms with E-state index in [0.29, 0.717) is 22.3 Å². The van der Waals surface area contributed by atoms with Crippen LogP contribution in [0.25, 0.3) is 11.3 Å². The van der Waals surface area contributed by atoms with Crippen molar-refractivity contribution in [1.82, 2.24) is 9.47 Å². The number of aliphatic imine (C=N–C) groups is 1. The fourth-order valence-electron chi connectivity index (χ4n) is 5.26. The predicted molar refractivity (Wildman–Crippen MR) is 153 cm³/mol. The summed E-state index contributed by atoms with van der Waals surface area (Å²) in [4.78, 5) is 19.9. The van der Waals surface area contributed by atoms with Gasteiger partial charge in [-0.05, 0) is 81.4 Å². The Kier molecular flexibility index (Phi) is 7.32. The molecule has 1 fully saturated rings. The lowest BCUT2D eigenvalue weighted by Crippen LogP contribution is -2.53. The molecule has 0 amide bonds. The van der Waals surface area contributed by atoms with Crippen LogP contribution >= 0.6 is 11.3 Å². The normalized spacial score (nSPS) is 20.1. The van der Waals surface area contributed by atoms with Gasteiger partial charge >= 0.3 is 5.97 Å². The molecule has 0 spiro atoms. The SMILES string of the molecule is COC(=O)c1sccc1NC1=NC(N)(OC(C)C)Nc2cc(-c3ccc(C4CCN(C)CC4)cc3)n(C)c21. The van der Waals surface area contributed by atoms with Gasteiger partial charge in [-0.3, -0.25) is 5.73 Å². The van der Waals surface area contributed by atoms with Crippen molar-refractivity contribution < 1.29 is 14.3 Å². The Morgan fingerprint density at radius 2 is 1.92 bits per heavy atom. The molecule has 2 aliphatic rings. The first-order valence-corrected chi connectivity index (χ1v) is 13.8. The van der Waals surface area contributed by atoms with Gasteiger partial charge in [0.1, 0.15) is 10.6 Å². The van der Waals surface area contributed by atoms with E-state index >= 15 is 0 Å². The minimum Gasteiger partial charge on any atom is -0.465 e. The van der Waals surface area contributed by atoms with E-state index in [-0.39, 0.29) is 6.10 Å². The summed E-state index contributed by atoms with van der Waals surface area (Å²) in [5, 5.41) is 8.43. The largest absolute Gasteiger partial charge is 0.465 e. The molecule has 202 valence electrons. The van der Waals surface area contributed by atoms with Crippen LogP contribution in [-0.4, -0.2) is 60.6 Å². The number of aromatic nitrogens is 1. The van der Waals surface area contributed by atoms with Gasteiger partial charge in [0.15, 0.2) is 5.84 Å². The second kappa shape index (κ2) is 10.5. The van der Waals surface area contributed by atoms with E-state index in [2.05, 4.69) is 57.5 Å². The summed E-state index contributed by atoms with van der Waals surface area (Å²) in [5.74, 6) is -0.775. The van der Waals surface area contributed by atoms with Crippen molar-refractivity contribution in [2.75, 3.05) is 37.9 Å². The third-order valence-corrected chi connectivity index (χ3v) is 8.04. The summed E-state index contributed by atoms with van der Waals surface area (Å²) in [6.45, 7) is 6.09. The van der Waals surface area contributed by atoms with Gasteiger partial charge in [-0.1, -0.05) is 24.3 Å². The number of carbonyl (C=O) groups excluding carboxylic acids is 1. The van der Waals surface area contributed by atoms with Gasteiger partial charge < -0.3 is 29.6 Å². The summed E-state index contributed by atoms with van der Waals surface area (Å²) in [5.41, 5.74) is 12.3. The molecule has 1 unspecified atom stereocenters. The number of nitrogens with two attached hydrogens (primary N) is 1. The molecule has 5 rings (SSSR count). The number of likely N-dealkylation sites (tertiary alicyclic amines) is 1. The Morgan fingerprint density at radius 1 is 1.21 bits per heavy atom. The number of rotatable bonds is 6. The zero-order chi connectivity index (χ0) is 27.0. The fraction of sp³-hybridized carbons (Fsp3) is 0.429. The molecule has 0 bridgehead atoms. The number of nitrogens with one attached hydrogen (secondary N) is 2. The van der Waals surface area contributed by atoms with Crippen LogP contribution in [0.2, 0.25) is 0 Å². The molecule has 3 aromatic rings. The van der Waals surface area contributed by atoms with E-state index < -0.39 is 11.9 Å². The molecule has 4 heterocycles. The first-order valence-electron chi connectivity index (χ1n) is 12.9. The van der Waals surface area contributed by atoms with Gasteiger partial charge in [0.25, 0.3) is 5.97 Å². The maximum atomic E-state index is 12.3. The number of benzene rings is 1. The number of thiophene rings is 1. The zero-order valence-electron chi connectivity index (χ0n) is 22.6. The second-order valence-corrected chi connectivity index (χ2v) is 11.2. The molecule has 0 saturated carbocycles. The van der Waals surface area contributed by atoms with E-state index in [1.54, 1.807) is 0 Å². The van der Waals surface area contributed by atoms with E-state index in [1.807, 2.05) is 32.3 Å². The van der Waals surface area contributed by atoms with Gasteiger partial charge in [0.2, 0.25) is 0 Å². The predicted octanol–water partition coefficient (Wildman–Crippen LogP) is 4.63. The molecular formula is C28H36N6O3S. The van der Waals surface area contributed by atoms with Gasteiger partial charge in [-0.15, -0.1) is 11.3 Å². The number of nitrogens with zero attached hydrogens (tertiary/aromatic N) is 3. The maximum absolute atomic E-state index is 12.3. The van der Waals surface area contributed by atoms with Gasteiger partial charge in [-0.25, -0.2) is 4.79 Å². The highest BCUT2D eigenvalue weighted by atomic mass is 32.1. The molecule has 0 aliphatic carbocycles. The molecule has 2 aromatic heterocycles. The van der Waals surface area contributed by atoms with Crippen LogP contribution in [0.3, 0.4) is 0 Å². The average Bonchev–Trinajstić information content (AvgIpc) is 3.47. The van der Waals surface area contributed by atoms with Crippen LogP contribution in [0.1, 0.15) is 53.5 Å². The minimum absolute atomic E-state index is 0.166. The van der Waals surface area contributed by atoms with Crippen molar-refractivity contribution in [3.8, 4) is 11.3 Å². The first-order chi connectivity index (χ1) is 18.2. The van der Waals surface area contributed by atoms with Crippen molar-refractivity contribution in [3.05, 3.63) is 57.9 Å². The van der Waals surface area contributed by atoms with E-state index in [9.17, 15) is 4.79 Å². The van der Waals surface area contributed by atoms with Crippen LogP contribution in [0.4, 0.5) is 11.4 Å². The Labute approximate surface area is 227 Å². The molecule has 1 saturated heterocycles. The van der Waals surface area contributed by atoms with Crippen molar-refractivity contribution >= 4 is 34.5 Å². The number of methoxy groups -OCH3 is 1. The fourth-order valence-corrected chi connectivity index (χ4v) is 6.02. The molecule has 0 radical (unpaired) electrons. The Hall–Kier alpha value is -3.18. The Morgan fingerprint density at radius 3 is 2.58 bits per heavy atom. The minimum atomic E-state index is -1.47. The monoisotopic (exact) mass is 536 g/mol. The standard InChI is InChI=1S/C28H36N6O3S/c1-17(2)37-28(29)31-22-16-23(20-8-6-18(7-9-20)19-10-13-33(3)14-11-19)34(4)24(22)26(32-28)30-21-12-15-38-25(21)27(35)36-5/h6-9,12,15-17,19,31H,10-11,13-14,29H2,1-5H3,(H,30,32). The topological polar surface area (TPSA) is 106 Å². The number of carbonyl (C=O) groups is 1. The van der Waals surface area contributed by atoms with Crippen LogP contribution < -0.4 is 16.4 Å². The average molecular weight is 537 g/mol. The Bertz CT molecular complexity index is 1340. The summed E-state index contributed by atoms with van der Waals surface area (Å²) >= 11 is 1.30. The number of piperidine rings is 1. The molecule has 1 aromatic carbocycles. The molecule has 2 aliphatic heterocycles. The molecule has 9 nitrogen and oxygen atoms in total. The molecule has 1 atom stereocenters. The van der Waals surface area contributed by atoms with Crippen molar-refractivity contribution in [3.63, 3.8) is 0 Å². The van der Waals surface area contributed by atoms with Crippen LogP contribution in [0.15, 0.2) is 46.8 Å². The van der Waals surface area contributed by atoms with Gasteiger partial charge in [0, 0.05) is 7.05 Å². The number of esters is 1. The van der Waals surface area contributed by atoms with Crippen molar-refractivity contribution in [1.29, 1.82) is 0 Å². The quantitative estimate of drug-likeness (QED) is 0.312. The van der Waals surface area contributed by atoms with Gasteiger partial charge in [0.05, 0.1) is 30.3 Å². The number of ether oxygens (including phenoxy) is 2. The number of hydrogen-bond donors (Lipinski definition) is 3. The Balaban J connectivity index is 1.50. The lowest BCUT2D eigenvalue weighted by Gasteiger charge is -2.33. The second-order valence-electron chi connectivity index (χ2n) is 10.3. The number of fused-ring (bicyclic) bond motifs is 1. The summed E-state index contributed by atoms with van der Waals surface area (Å²) in [6, 6.07) is 12.8. The summed E-state index contributed by atoms with van der Waals surface area (Å²) < 4.78 is 13.0. The lowest BCUT2D eigenvalue weighted by atomic mass is 9.89. The number of amidine groups is 1. The van der Waals surface area contributed by atoms with Crippen molar-refractivity contribution in [2.45, 2.75) is 44.7 Å². The summed E-state index contributed by atoms with van der Waals surface area (Å²) in [6.07, 6.45) is 2.21.